The number of halogens is 3. The van der Waals surface area contributed by atoms with Crippen LogP contribution in [-0.2, 0) is 4.79 Å². The number of benzene rings is 2. The summed E-state index contributed by atoms with van der Waals surface area (Å²) in [5.74, 6) is -0.644. The Morgan fingerprint density at radius 2 is 1.60 bits per heavy atom. The van der Waals surface area contributed by atoms with Gasteiger partial charge in [0.25, 0.3) is 0 Å². The number of anilines is 2. The van der Waals surface area contributed by atoms with E-state index < -0.39 is 12.4 Å². The van der Waals surface area contributed by atoms with E-state index in [2.05, 4.69) is 15.4 Å². The number of hydrogen-bond donors (Lipinski definition) is 2. The van der Waals surface area contributed by atoms with Crippen molar-refractivity contribution in [3.05, 3.63) is 53.6 Å². The molecule has 1 amide bonds. The van der Waals surface area contributed by atoms with Crippen LogP contribution in [0.15, 0.2) is 42.5 Å². The molecule has 0 spiro atoms. The fraction of sp³-hybridized carbons (Fsp3) is 0.278. The fourth-order valence-electron chi connectivity index (χ4n) is 2.14. The molecule has 25 heavy (non-hydrogen) atoms. The molecule has 2 rings (SSSR count). The third kappa shape index (κ3) is 5.70. The van der Waals surface area contributed by atoms with Gasteiger partial charge >= 0.3 is 6.36 Å². The van der Waals surface area contributed by atoms with E-state index in [9.17, 15) is 18.0 Å². The summed E-state index contributed by atoms with van der Waals surface area (Å²) in [6, 6.07) is 10.3. The second-order valence-corrected chi connectivity index (χ2v) is 5.73. The van der Waals surface area contributed by atoms with Crippen molar-refractivity contribution < 1.29 is 22.7 Å². The molecule has 2 aromatic rings. The van der Waals surface area contributed by atoms with Crippen LogP contribution >= 0.6 is 0 Å². The first-order valence-electron chi connectivity index (χ1n) is 7.64. The van der Waals surface area contributed by atoms with Crippen molar-refractivity contribution in [2.45, 2.75) is 33.2 Å². The number of aryl methyl sites for hydroxylation is 2. The number of hydrogen-bond acceptors (Lipinski definition) is 3. The van der Waals surface area contributed by atoms with Crippen molar-refractivity contribution >= 4 is 17.3 Å². The summed E-state index contributed by atoms with van der Waals surface area (Å²) in [6.45, 7) is 5.68. The second kappa shape index (κ2) is 7.46. The molecule has 0 saturated heterocycles. The van der Waals surface area contributed by atoms with Crippen molar-refractivity contribution in [2.24, 2.45) is 0 Å². The maximum Gasteiger partial charge on any atom is 0.573 e. The molecule has 4 nitrogen and oxygen atoms in total. The molecule has 2 aromatic carbocycles. The lowest BCUT2D eigenvalue weighted by Gasteiger charge is -2.16. The molecule has 0 fully saturated rings. The summed E-state index contributed by atoms with van der Waals surface area (Å²) >= 11 is 0. The number of carbonyl (C=O) groups excluding carboxylic acids is 1. The highest BCUT2D eigenvalue weighted by Gasteiger charge is 2.31. The quantitative estimate of drug-likeness (QED) is 0.824. The highest BCUT2D eigenvalue weighted by atomic mass is 19.4. The first-order valence-corrected chi connectivity index (χ1v) is 7.64. The zero-order valence-corrected chi connectivity index (χ0v) is 14.1. The first-order chi connectivity index (χ1) is 11.6. The van der Waals surface area contributed by atoms with Gasteiger partial charge in [0.1, 0.15) is 11.8 Å². The number of alkyl halides is 3. The maximum absolute atomic E-state index is 12.2. The van der Waals surface area contributed by atoms with Gasteiger partial charge < -0.3 is 15.4 Å². The van der Waals surface area contributed by atoms with E-state index >= 15 is 0 Å². The van der Waals surface area contributed by atoms with E-state index in [4.69, 9.17) is 0 Å². The average Bonchev–Trinajstić information content (AvgIpc) is 2.51. The van der Waals surface area contributed by atoms with Crippen LogP contribution in [0.1, 0.15) is 18.1 Å². The van der Waals surface area contributed by atoms with Crippen molar-refractivity contribution in [3.63, 3.8) is 0 Å². The molecule has 0 heterocycles. The van der Waals surface area contributed by atoms with Gasteiger partial charge in [0.15, 0.2) is 0 Å². The second-order valence-electron chi connectivity index (χ2n) is 5.73. The number of amides is 1. The number of ether oxygens (including phenoxy) is 1. The molecule has 134 valence electrons. The number of rotatable bonds is 5. The van der Waals surface area contributed by atoms with Crippen molar-refractivity contribution in [1.29, 1.82) is 0 Å². The Morgan fingerprint density at radius 3 is 2.16 bits per heavy atom. The summed E-state index contributed by atoms with van der Waals surface area (Å²) in [5, 5.41) is 5.73. The number of carbonyl (C=O) groups is 1. The average molecular weight is 352 g/mol. The highest BCUT2D eigenvalue weighted by Crippen LogP contribution is 2.24. The van der Waals surface area contributed by atoms with Crippen molar-refractivity contribution in [2.75, 3.05) is 10.6 Å². The predicted molar refractivity (Wildman–Crippen MR) is 90.8 cm³/mol. The van der Waals surface area contributed by atoms with Gasteiger partial charge in [-0.15, -0.1) is 13.2 Å². The molecule has 1 atom stereocenters. The Morgan fingerprint density at radius 1 is 1.00 bits per heavy atom. The first kappa shape index (κ1) is 18.6. The van der Waals surface area contributed by atoms with E-state index in [1.807, 2.05) is 32.0 Å². The van der Waals surface area contributed by atoms with Gasteiger partial charge in [-0.3, -0.25) is 4.79 Å². The van der Waals surface area contributed by atoms with Gasteiger partial charge in [-0.05, 0) is 68.3 Å². The van der Waals surface area contributed by atoms with Crippen LogP contribution < -0.4 is 15.4 Å². The van der Waals surface area contributed by atoms with E-state index in [0.717, 1.165) is 28.9 Å². The highest BCUT2D eigenvalue weighted by molar-refractivity contribution is 5.96. The van der Waals surface area contributed by atoms with Crippen LogP contribution in [0.5, 0.6) is 5.75 Å². The molecule has 2 N–H and O–H groups in total. The minimum Gasteiger partial charge on any atom is -0.406 e. The summed E-state index contributed by atoms with van der Waals surface area (Å²) in [6.07, 6.45) is -4.74. The molecule has 7 heteroatoms. The third-order valence-electron chi connectivity index (χ3n) is 3.64. The van der Waals surface area contributed by atoms with Crippen LogP contribution in [-0.4, -0.2) is 18.3 Å². The van der Waals surface area contributed by atoms with Crippen LogP contribution in [0.3, 0.4) is 0 Å². The Bertz CT molecular complexity index is 743. The molecular formula is C18H19F3N2O2. The monoisotopic (exact) mass is 352 g/mol. The van der Waals surface area contributed by atoms with Crippen LogP contribution in [0.4, 0.5) is 24.5 Å². The molecular weight excluding hydrogens is 333 g/mol. The van der Waals surface area contributed by atoms with E-state index in [1.165, 1.54) is 12.1 Å². The van der Waals surface area contributed by atoms with Gasteiger partial charge in [-0.2, -0.15) is 0 Å². The number of nitrogens with one attached hydrogen (secondary N) is 2. The summed E-state index contributed by atoms with van der Waals surface area (Å²) in [4.78, 5) is 12.2. The lowest BCUT2D eigenvalue weighted by Crippen LogP contribution is -2.31. The zero-order valence-electron chi connectivity index (χ0n) is 14.1. The summed E-state index contributed by atoms with van der Waals surface area (Å²) in [5.41, 5.74) is 3.47. The zero-order chi connectivity index (χ0) is 18.6. The fourth-order valence-corrected chi connectivity index (χ4v) is 2.14. The normalized spacial score (nSPS) is 12.4. The van der Waals surface area contributed by atoms with Gasteiger partial charge in [0.05, 0.1) is 0 Å². The molecule has 0 aliphatic carbocycles. The molecule has 0 radical (unpaired) electrons. The van der Waals surface area contributed by atoms with E-state index in [0.29, 0.717) is 5.69 Å². The van der Waals surface area contributed by atoms with Crippen molar-refractivity contribution in [3.8, 4) is 5.75 Å². The van der Waals surface area contributed by atoms with E-state index in [-0.39, 0.29) is 11.7 Å². The van der Waals surface area contributed by atoms with Gasteiger partial charge in [-0.25, -0.2) is 0 Å². The molecule has 0 aromatic heterocycles. The molecule has 1 unspecified atom stereocenters. The lowest BCUT2D eigenvalue weighted by molar-refractivity contribution is -0.274. The van der Waals surface area contributed by atoms with Gasteiger partial charge in [0.2, 0.25) is 5.91 Å². The summed E-state index contributed by atoms with van der Waals surface area (Å²) < 4.78 is 40.1. The summed E-state index contributed by atoms with van der Waals surface area (Å²) in [7, 11) is 0. The molecule has 0 saturated carbocycles. The molecule has 0 bridgehead atoms. The molecule has 0 aliphatic heterocycles. The smallest absolute Gasteiger partial charge is 0.406 e. The SMILES string of the molecule is Cc1ccc(NC(C)C(=O)Nc2ccc(OC(F)(F)F)cc2)cc1C. The van der Waals surface area contributed by atoms with Gasteiger partial charge in [0, 0.05) is 11.4 Å². The lowest BCUT2D eigenvalue weighted by atomic mass is 10.1. The largest absolute Gasteiger partial charge is 0.573 e. The Balaban J connectivity index is 1.95. The standard InChI is InChI=1S/C18H19F3N2O2/c1-11-4-5-15(10-12(11)2)22-13(3)17(24)23-14-6-8-16(9-7-14)25-18(19,20)21/h4-10,13,22H,1-3H3,(H,23,24). The minimum absolute atomic E-state index is 0.303. The van der Waals surface area contributed by atoms with Gasteiger partial charge in [-0.1, -0.05) is 6.07 Å². The van der Waals surface area contributed by atoms with Crippen LogP contribution in [0, 0.1) is 13.8 Å². The third-order valence-corrected chi connectivity index (χ3v) is 3.64. The molecule has 0 aliphatic rings. The van der Waals surface area contributed by atoms with Crippen molar-refractivity contribution in [1.82, 2.24) is 0 Å². The van der Waals surface area contributed by atoms with Crippen LogP contribution in [0.25, 0.3) is 0 Å². The Labute approximate surface area is 144 Å². The van der Waals surface area contributed by atoms with E-state index in [1.54, 1.807) is 6.92 Å². The predicted octanol–water partition coefficient (Wildman–Crippen LogP) is 4.64. The maximum atomic E-state index is 12.2. The minimum atomic E-state index is -4.74. The van der Waals surface area contributed by atoms with Crippen LogP contribution in [0.2, 0.25) is 0 Å². The Hall–Kier alpha value is -2.70. The topological polar surface area (TPSA) is 50.4 Å². The Kier molecular flexibility index (Phi) is 5.56.